The molecule has 0 unspecified atom stereocenters. The molecule has 0 aromatic carbocycles. The van der Waals surface area contributed by atoms with Crippen LogP contribution in [0.2, 0.25) is 0 Å². The second-order valence-corrected chi connectivity index (χ2v) is 9.28. The Labute approximate surface area is 206 Å². The zero-order valence-corrected chi connectivity index (χ0v) is 19.9. The van der Waals surface area contributed by atoms with Gasteiger partial charge in [-0.15, -0.1) is 0 Å². The summed E-state index contributed by atoms with van der Waals surface area (Å²) < 4.78 is 7.44. The second-order valence-electron chi connectivity index (χ2n) is 9.28. The maximum Gasteiger partial charge on any atom is 0.297 e. The van der Waals surface area contributed by atoms with Crippen molar-refractivity contribution in [1.82, 2.24) is 30.0 Å². The Hall–Kier alpha value is -4.03. The Kier molecular flexibility index (Phi) is 5.53. The van der Waals surface area contributed by atoms with Crippen LogP contribution in [-0.2, 0) is 7.05 Å². The predicted molar refractivity (Wildman–Crippen MR) is 134 cm³/mol. The predicted octanol–water partition coefficient (Wildman–Crippen LogP) is 1.62. The highest BCUT2D eigenvalue weighted by Crippen LogP contribution is 2.36. The molecule has 4 aromatic heterocycles. The van der Waals surface area contributed by atoms with Crippen molar-refractivity contribution in [1.29, 1.82) is 0 Å². The average molecular weight is 490 g/mol. The first kappa shape index (κ1) is 22.4. The summed E-state index contributed by atoms with van der Waals surface area (Å²) in [6, 6.07) is 7.37. The molecule has 4 N–H and O–H groups in total. The number of pyridine rings is 2. The topological polar surface area (TPSA) is 146 Å². The second kappa shape index (κ2) is 8.88. The minimum atomic E-state index is -0.336. The summed E-state index contributed by atoms with van der Waals surface area (Å²) in [6.45, 7) is 2.79. The number of aliphatic hydroxyl groups excluding tert-OH is 1. The minimum absolute atomic E-state index is 0.0565. The van der Waals surface area contributed by atoms with E-state index in [-0.39, 0.29) is 24.1 Å². The summed E-state index contributed by atoms with van der Waals surface area (Å²) in [4.78, 5) is 29.3. The Bertz CT molecular complexity index is 1420. The third kappa shape index (κ3) is 4.14. The van der Waals surface area contributed by atoms with E-state index < -0.39 is 0 Å². The SMILES string of the molecule is Cn1cc(-c2cccc(NC(=O)c3cc4oc(NCCO)nc4nc3N3CC4(CCCN4)C3)n2)cn1. The maximum absolute atomic E-state index is 13.5. The highest BCUT2D eigenvalue weighted by atomic mass is 16.4. The van der Waals surface area contributed by atoms with Gasteiger partial charge in [-0.25, -0.2) is 9.97 Å². The number of oxazole rings is 1. The molecule has 2 aliphatic rings. The van der Waals surface area contributed by atoms with Crippen LogP contribution in [0.25, 0.3) is 22.5 Å². The Morgan fingerprint density at radius 3 is 2.92 bits per heavy atom. The Balaban J connectivity index is 1.31. The zero-order valence-electron chi connectivity index (χ0n) is 19.9. The van der Waals surface area contributed by atoms with Crippen LogP contribution in [0.5, 0.6) is 0 Å². The first-order chi connectivity index (χ1) is 17.5. The lowest BCUT2D eigenvalue weighted by molar-refractivity contribution is 0.102. The molecule has 2 fully saturated rings. The van der Waals surface area contributed by atoms with Crippen LogP contribution in [0.15, 0.2) is 41.1 Å². The van der Waals surface area contributed by atoms with E-state index in [0.717, 1.165) is 38.0 Å². The van der Waals surface area contributed by atoms with Gasteiger partial charge in [0.2, 0.25) is 5.65 Å². The van der Waals surface area contributed by atoms with Crippen LogP contribution in [0.1, 0.15) is 23.2 Å². The molecule has 0 radical (unpaired) electrons. The molecule has 2 saturated heterocycles. The van der Waals surface area contributed by atoms with Crippen molar-refractivity contribution in [3.8, 4) is 11.3 Å². The van der Waals surface area contributed by atoms with Crippen LogP contribution < -0.4 is 20.9 Å². The summed E-state index contributed by atoms with van der Waals surface area (Å²) >= 11 is 0. The lowest BCUT2D eigenvalue weighted by Gasteiger charge is -2.49. The molecule has 12 heteroatoms. The van der Waals surface area contributed by atoms with Crippen molar-refractivity contribution in [3.05, 3.63) is 42.2 Å². The van der Waals surface area contributed by atoms with E-state index >= 15 is 0 Å². The van der Waals surface area contributed by atoms with E-state index in [9.17, 15) is 4.79 Å². The van der Waals surface area contributed by atoms with E-state index in [1.807, 2.05) is 25.4 Å². The van der Waals surface area contributed by atoms with Gasteiger partial charge < -0.3 is 30.4 Å². The number of aryl methyl sites for hydroxylation is 1. The molecule has 4 aromatic rings. The van der Waals surface area contributed by atoms with E-state index in [1.165, 1.54) is 0 Å². The van der Waals surface area contributed by atoms with Crippen molar-refractivity contribution in [2.75, 3.05) is 48.3 Å². The van der Waals surface area contributed by atoms with Crippen molar-refractivity contribution < 1.29 is 14.3 Å². The number of carbonyl (C=O) groups excluding carboxylic acids is 1. The first-order valence-corrected chi connectivity index (χ1v) is 12.0. The van der Waals surface area contributed by atoms with Gasteiger partial charge in [-0.3, -0.25) is 9.48 Å². The molecular formula is C24H27N9O3. The molecule has 36 heavy (non-hydrogen) atoms. The van der Waals surface area contributed by atoms with Gasteiger partial charge in [0.05, 0.1) is 29.6 Å². The first-order valence-electron chi connectivity index (χ1n) is 12.0. The quantitative estimate of drug-likeness (QED) is 0.302. The van der Waals surface area contributed by atoms with Gasteiger partial charge >= 0.3 is 0 Å². The van der Waals surface area contributed by atoms with Crippen LogP contribution in [0.3, 0.4) is 0 Å². The fourth-order valence-electron chi connectivity index (χ4n) is 4.88. The summed E-state index contributed by atoms with van der Waals surface area (Å²) in [5.74, 6) is 0.648. The van der Waals surface area contributed by atoms with E-state index in [1.54, 1.807) is 23.0 Å². The number of hydrogen-bond acceptors (Lipinski definition) is 10. The average Bonchev–Trinajstić information content (AvgIpc) is 3.60. The zero-order chi connectivity index (χ0) is 24.7. The number of amides is 1. The molecule has 0 bridgehead atoms. The van der Waals surface area contributed by atoms with Crippen molar-refractivity contribution >= 4 is 34.8 Å². The number of nitrogens with zero attached hydrogens (tertiary/aromatic N) is 6. The number of nitrogens with one attached hydrogen (secondary N) is 3. The molecule has 2 aliphatic heterocycles. The molecular weight excluding hydrogens is 462 g/mol. The molecule has 186 valence electrons. The van der Waals surface area contributed by atoms with Gasteiger partial charge in [0, 0.05) is 44.5 Å². The molecule has 12 nitrogen and oxygen atoms in total. The number of aromatic nitrogens is 5. The van der Waals surface area contributed by atoms with Crippen LogP contribution in [0, 0.1) is 0 Å². The molecule has 0 saturated carbocycles. The fourth-order valence-corrected chi connectivity index (χ4v) is 4.88. The number of rotatable bonds is 7. The van der Waals surface area contributed by atoms with Gasteiger partial charge in [-0.2, -0.15) is 10.1 Å². The smallest absolute Gasteiger partial charge is 0.297 e. The van der Waals surface area contributed by atoms with Gasteiger partial charge in [0.25, 0.3) is 11.9 Å². The Morgan fingerprint density at radius 2 is 2.17 bits per heavy atom. The molecule has 0 atom stereocenters. The maximum atomic E-state index is 13.5. The largest absolute Gasteiger partial charge is 0.422 e. The highest BCUT2D eigenvalue weighted by molar-refractivity contribution is 6.09. The van der Waals surface area contributed by atoms with Crippen molar-refractivity contribution in [2.24, 2.45) is 7.05 Å². The van der Waals surface area contributed by atoms with Crippen LogP contribution in [-0.4, -0.2) is 74.1 Å². The normalized spacial score (nSPS) is 16.4. The van der Waals surface area contributed by atoms with Crippen molar-refractivity contribution in [2.45, 2.75) is 18.4 Å². The standard InChI is InChI=1S/C24H27N9O3/c1-32-12-15(11-27-32)17-4-2-5-19(28-17)29-22(35)16-10-18-20(31-23(36-18)25-8-9-34)30-21(16)33-13-24(14-33)6-3-7-26-24/h2,4-5,10-12,26,34H,3,6-9,13-14H2,1H3,(H,25,30,31)(H,28,29,35). The summed E-state index contributed by atoms with van der Waals surface area (Å²) in [6.07, 6.45) is 5.85. The lowest BCUT2D eigenvalue weighted by atomic mass is 9.88. The highest BCUT2D eigenvalue weighted by Gasteiger charge is 2.46. The summed E-state index contributed by atoms with van der Waals surface area (Å²) in [5.41, 5.74) is 2.82. The molecule has 0 aliphatic carbocycles. The number of carbonyl (C=O) groups is 1. The van der Waals surface area contributed by atoms with Crippen molar-refractivity contribution in [3.63, 3.8) is 0 Å². The Morgan fingerprint density at radius 1 is 1.28 bits per heavy atom. The van der Waals surface area contributed by atoms with Gasteiger partial charge in [-0.1, -0.05) is 6.07 Å². The number of anilines is 3. The molecule has 1 spiro atoms. The van der Waals surface area contributed by atoms with Crippen LogP contribution >= 0.6 is 0 Å². The van der Waals surface area contributed by atoms with E-state index in [4.69, 9.17) is 14.5 Å². The number of aliphatic hydroxyl groups is 1. The molecule has 6 rings (SSSR count). The molecule has 6 heterocycles. The van der Waals surface area contributed by atoms with Gasteiger partial charge in [-0.05, 0) is 31.5 Å². The summed E-state index contributed by atoms with van der Waals surface area (Å²) in [5, 5.41) is 22.7. The monoisotopic (exact) mass is 489 g/mol. The van der Waals surface area contributed by atoms with Gasteiger partial charge in [0.1, 0.15) is 11.6 Å². The number of fused-ring (bicyclic) bond motifs is 1. The molecule has 1 amide bonds. The lowest BCUT2D eigenvalue weighted by Crippen LogP contribution is -2.67. The third-order valence-corrected chi connectivity index (χ3v) is 6.61. The van der Waals surface area contributed by atoms with E-state index in [2.05, 4.69) is 35.9 Å². The van der Waals surface area contributed by atoms with E-state index in [0.29, 0.717) is 40.7 Å². The summed E-state index contributed by atoms with van der Waals surface area (Å²) in [7, 11) is 1.84. The fraction of sp³-hybridized carbons (Fsp3) is 0.375. The van der Waals surface area contributed by atoms with Gasteiger partial charge in [0.15, 0.2) is 5.58 Å². The third-order valence-electron chi connectivity index (χ3n) is 6.61. The number of hydrogen-bond donors (Lipinski definition) is 4. The van der Waals surface area contributed by atoms with Crippen LogP contribution in [0.4, 0.5) is 17.7 Å². The minimum Gasteiger partial charge on any atom is -0.422 e.